The minimum absolute atomic E-state index is 0.206. The van der Waals surface area contributed by atoms with E-state index >= 15 is 0 Å². The van der Waals surface area contributed by atoms with E-state index in [1.165, 1.54) is 5.56 Å². The van der Waals surface area contributed by atoms with Crippen molar-refractivity contribution in [3.63, 3.8) is 0 Å². The van der Waals surface area contributed by atoms with Crippen LogP contribution in [-0.2, 0) is 6.42 Å². The molecule has 0 fully saturated rings. The molecule has 1 unspecified atom stereocenters. The molecule has 4 nitrogen and oxygen atoms in total. The van der Waals surface area contributed by atoms with Crippen LogP contribution in [0.15, 0.2) is 18.2 Å². The third-order valence-corrected chi connectivity index (χ3v) is 3.26. The van der Waals surface area contributed by atoms with Crippen LogP contribution in [-0.4, -0.2) is 17.5 Å². The molecule has 1 aromatic carbocycles. The summed E-state index contributed by atoms with van der Waals surface area (Å²) in [5.74, 6) is 0. The van der Waals surface area contributed by atoms with Crippen molar-refractivity contribution in [2.75, 3.05) is 6.54 Å². The van der Waals surface area contributed by atoms with Crippen molar-refractivity contribution in [1.29, 1.82) is 0 Å². The first-order chi connectivity index (χ1) is 9.08. The fourth-order valence-corrected chi connectivity index (χ4v) is 2.31. The van der Waals surface area contributed by atoms with E-state index in [0.717, 1.165) is 37.8 Å². The van der Waals surface area contributed by atoms with Gasteiger partial charge in [0.1, 0.15) is 0 Å². The van der Waals surface area contributed by atoms with Gasteiger partial charge in [0.15, 0.2) is 0 Å². The number of hydrogen-bond donors (Lipinski definition) is 1. The van der Waals surface area contributed by atoms with Crippen LogP contribution in [0, 0.1) is 17.0 Å². The van der Waals surface area contributed by atoms with Crippen LogP contribution in [0.2, 0.25) is 0 Å². The normalized spacial score (nSPS) is 12.4. The highest BCUT2D eigenvalue weighted by atomic mass is 16.6. The van der Waals surface area contributed by atoms with Crippen molar-refractivity contribution in [2.45, 2.75) is 52.5 Å². The Morgan fingerprint density at radius 2 is 2.05 bits per heavy atom. The molecule has 4 heteroatoms. The molecule has 19 heavy (non-hydrogen) atoms. The van der Waals surface area contributed by atoms with Crippen molar-refractivity contribution in [3.8, 4) is 0 Å². The monoisotopic (exact) mass is 264 g/mol. The highest BCUT2D eigenvalue weighted by Gasteiger charge is 2.13. The number of nitrogens with zero attached hydrogens (tertiary/aromatic N) is 1. The Morgan fingerprint density at radius 3 is 2.58 bits per heavy atom. The Kier molecular flexibility index (Phi) is 6.50. The van der Waals surface area contributed by atoms with Gasteiger partial charge in [0.25, 0.3) is 5.69 Å². The molecule has 1 N–H and O–H groups in total. The molecule has 1 rings (SSSR count). The van der Waals surface area contributed by atoms with Crippen molar-refractivity contribution in [2.24, 2.45) is 0 Å². The molecule has 1 aromatic rings. The van der Waals surface area contributed by atoms with Crippen molar-refractivity contribution in [3.05, 3.63) is 39.4 Å². The lowest BCUT2D eigenvalue weighted by Crippen LogP contribution is -2.31. The highest BCUT2D eigenvalue weighted by Crippen LogP contribution is 2.20. The lowest BCUT2D eigenvalue weighted by Gasteiger charge is -2.18. The summed E-state index contributed by atoms with van der Waals surface area (Å²) in [5.41, 5.74) is 2.12. The van der Waals surface area contributed by atoms with Crippen LogP contribution in [0.25, 0.3) is 0 Å². The number of nitro benzene ring substituents is 1. The topological polar surface area (TPSA) is 55.2 Å². The van der Waals surface area contributed by atoms with Gasteiger partial charge in [-0.15, -0.1) is 0 Å². The zero-order chi connectivity index (χ0) is 14.3. The second-order valence-corrected chi connectivity index (χ2v) is 5.02. The van der Waals surface area contributed by atoms with E-state index in [1.54, 1.807) is 13.0 Å². The maximum atomic E-state index is 10.8. The summed E-state index contributed by atoms with van der Waals surface area (Å²) in [5, 5.41) is 14.3. The molecular formula is C15H24N2O2. The van der Waals surface area contributed by atoms with Gasteiger partial charge in [-0.05, 0) is 44.4 Å². The Labute approximate surface area is 115 Å². The van der Waals surface area contributed by atoms with Crippen LogP contribution in [0.1, 0.15) is 44.2 Å². The SMILES string of the molecule is CCCNC(CCC)Cc1ccc([N+](=O)[O-])c(C)c1. The van der Waals surface area contributed by atoms with Crippen LogP contribution in [0.4, 0.5) is 5.69 Å². The predicted octanol–water partition coefficient (Wildman–Crippen LogP) is 3.61. The summed E-state index contributed by atoms with van der Waals surface area (Å²) in [4.78, 5) is 10.5. The van der Waals surface area contributed by atoms with Gasteiger partial charge in [-0.2, -0.15) is 0 Å². The summed E-state index contributed by atoms with van der Waals surface area (Å²) in [6.45, 7) is 7.17. The first-order valence-electron chi connectivity index (χ1n) is 7.05. The molecule has 0 saturated carbocycles. The van der Waals surface area contributed by atoms with E-state index in [-0.39, 0.29) is 10.6 Å². The summed E-state index contributed by atoms with van der Waals surface area (Å²) >= 11 is 0. The lowest BCUT2D eigenvalue weighted by atomic mass is 10.00. The average Bonchev–Trinajstić information content (AvgIpc) is 2.36. The Bertz CT molecular complexity index is 419. The van der Waals surface area contributed by atoms with Crippen LogP contribution < -0.4 is 5.32 Å². The number of benzene rings is 1. The minimum Gasteiger partial charge on any atom is -0.314 e. The zero-order valence-electron chi connectivity index (χ0n) is 12.1. The summed E-state index contributed by atoms with van der Waals surface area (Å²) in [6, 6.07) is 5.90. The van der Waals surface area contributed by atoms with Gasteiger partial charge in [-0.1, -0.05) is 26.3 Å². The van der Waals surface area contributed by atoms with Crippen LogP contribution in [0.3, 0.4) is 0 Å². The van der Waals surface area contributed by atoms with Gasteiger partial charge in [0.05, 0.1) is 4.92 Å². The third-order valence-electron chi connectivity index (χ3n) is 3.26. The van der Waals surface area contributed by atoms with Gasteiger partial charge in [0.2, 0.25) is 0 Å². The van der Waals surface area contributed by atoms with E-state index in [2.05, 4.69) is 19.2 Å². The Balaban J connectivity index is 2.73. The number of nitrogens with one attached hydrogen (secondary N) is 1. The zero-order valence-corrected chi connectivity index (χ0v) is 12.1. The molecule has 1 atom stereocenters. The quantitative estimate of drug-likeness (QED) is 0.576. The standard InChI is InChI=1S/C15H24N2O2/c1-4-6-14(16-9-5-2)11-13-7-8-15(17(18)19)12(3)10-13/h7-8,10,14,16H,4-6,9,11H2,1-3H3. The van der Waals surface area contributed by atoms with Crippen LogP contribution >= 0.6 is 0 Å². The van der Waals surface area contributed by atoms with Gasteiger partial charge >= 0.3 is 0 Å². The molecule has 106 valence electrons. The Hall–Kier alpha value is -1.42. The second kappa shape index (κ2) is 7.89. The van der Waals surface area contributed by atoms with Gasteiger partial charge in [0, 0.05) is 17.7 Å². The maximum absolute atomic E-state index is 10.8. The molecule has 0 spiro atoms. The molecule has 0 amide bonds. The summed E-state index contributed by atoms with van der Waals surface area (Å²) in [6.07, 6.45) is 4.34. The average molecular weight is 264 g/mol. The van der Waals surface area contributed by atoms with Crippen molar-refractivity contribution < 1.29 is 4.92 Å². The van der Waals surface area contributed by atoms with E-state index in [9.17, 15) is 10.1 Å². The molecule has 0 bridgehead atoms. The highest BCUT2D eigenvalue weighted by molar-refractivity contribution is 5.42. The number of nitro groups is 1. The summed E-state index contributed by atoms with van der Waals surface area (Å²) < 4.78 is 0. The molecule has 0 heterocycles. The Morgan fingerprint density at radius 1 is 1.32 bits per heavy atom. The van der Waals surface area contributed by atoms with E-state index in [4.69, 9.17) is 0 Å². The molecule has 0 aromatic heterocycles. The smallest absolute Gasteiger partial charge is 0.272 e. The maximum Gasteiger partial charge on any atom is 0.272 e. The predicted molar refractivity (Wildman–Crippen MR) is 78.5 cm³/mol. The molecule has 0 radical (unpaired) electrons. The lowest BCUT2D eigenvalue weighted by molar-refractivity contribution is -0.385. The second-order valence-electron chi connectivity index (χ2n) is 5.02. The van der Waals surface area contributed by atoms with E-state index in [1.807, 2.05) is 12.1 Å². The van der Waals surface area contributed by atoms with E-state index in [0.29, 0.717) is 6.04 Å². The fraction of sp³-hybridized carbons (Fsp3) is 0.600. The first kappa shape index (κ1) is 15.6. The molecular weight excluding hydrogens is 240 g/mol. The first-order valence-corrected chi connectivity index (χ1v) is 7.05. The minimum atomic E-state index is -0.321. The van der Waals surface area contributed by atoms with E-state index < -0.39 is 0 Å². The molecule has 0 aliphatic carbocycles. The van der Waals surface area contributed by atoms with Gasteiger partial charge < -0.3 is 5.32 Å². The molecule has 0 aliphatic rings. The third kappa shape index (κ3) is 4.99. The van der Waals surface area contributed by atoms with Gasteiger partial charge in [-0.25, -0.2) is 0 Å². The number of rotatable bonds is 8. The van der Waals surface area contributed by atoms with Crippen LogP contribution in [0.5, 0.6) is 0 Å². The van der Waals surface area contributed by atoms with Crippen molar-refractivity contribution >= 4 is 5.69 Å². The number of hydrogen-bond acceptors (Lipinski definition) is 3. The van der Waals surface area contributed by atoms with Crippen molar-refractivity contribution in [1.82, 2.24) is 5.32 Å². The number of aryl methyl sites for hydroxylation is 1. The largest absolute Gasteiger partial charge is 0.314 e. The molecule has 0 saturated heterocycles. The molecule has 0 aliphatic heterocycles. The fourth-order valence-electron chi connectivity index (χ4n) is 2.31. The van der Waals surface area contributed by atoms with Gasteiger partial charge in [-0.3, -0.25) is 10.1 Å². The summed E-state index contributed by atoms with van der Waals surface area (Å²) in [7, 11) is 0.